The fraction of sp³-hybridized carbons (Fsp3) is 0. The predicted octanol–water partition coefficient (Wildman–Crippen LogP) is 0.668. The van der Waals surface area contributed by atoms with E-state index in [1.165, 1.54) is 6.07 Å². The average molecular weight is 150 g/mol. The van der Waals surface area contributed by atoms with Crippen LogP contribution in [0.15, 0.2) is 24.3 Å². The number of carbonyl (C=O) groups excluding carboxylic acids is 1. The average Bonchev–Trinajstić information content (AvgIpc) is 2.05. The Hall–Kier alpha value is -1.35. The molecule has 0 heterocycles. The van der Waals surface area contributed by atoms with E-state index >= 15 is 0 Å². The van der Waals surface area contributed by atoms with Crippen molar-refractivity contribution >= 4 is 5.91 Å². The maximum Gasteiger partial charge on any atom is 0.248 e. The summed E-state index contributed by atoms with van der Waals surface area (Å²) >= 11 is 0. The van der Waals surface area contributed by atoms with Gasteiger partial charge >= 0.3 is 0 Å². The lowest BCUT2D eigenvalue weighted by Crippen LogP contribution is -2.10. The van der Waals surface area contributed by atoms with Gasteiger partial charge in [0.2, 0.25) is 5.91 Å². The van der Waals surface area contributed by atoms with Crippen LogP contribution in [0.4, 0.5) is 0 Å². The van der Waals surface area contributed by atoms with Gasteiger partial charge in [0.1, 0.15) is 6.61 Å². The Balaban J connectivity index is 3.01. The third-order valence-electron chi connectivity index (χ3n) is 1.32. The summed E-state index contributed by atoms with van der Waals surface area (Å²) in [6.45, 7) is 0.923. The number of aliphatic hydroxyl groups is 1. The molecule has 0 aliphatic rings. The van der Waals surface area contributed by atoms with Crippen LogP contribution in [0.3, 0.4) is 0 Å². The lowest BCUT2D eigenvalue weighted by atomic mass is 10.1. The standard InChI is InChI=1S/C8H8NO2/c9-8(11)7-3-1-2-6(4-7)5-10/h1-5,10H,(H2,9,11). The van der Waals surface area contributed by atoms with Gasteiger partial charge in [0.25, 0.3) is 0 Å². The van der Waals surface area contributed by atoms with Gasteiger partial charge in [-0.3, -0.25) is 4.79 Å². The molecule has 0 saturated carbocycles. The molecule has 1 amide bonds. The van der Waals surface area contributed by atoms with Crippen molar-refractivity contribution in [3.63, 3.8) is 0 Å². The molecule has 0 unspecified atom stereocenters. The lowest BCUT2D eigenvalue weighted by Gasteiger charge is -1.96. The van der Waals surface area contributed by atoms with Gasteiger partial charge in [-0.1, -0.05) is 12.1 Å². The van der Waals surface area contributed by atoms with E-state index in [1.54, 1.807) is 18.2 Å². The highest BCUT2D eigenvalue weighted by Gasteiger charge is 1.99. The van der Waals surface area contributed by atoms with Gasteiger partial charge in [0.05, 0.1) is 0 Å². The quantitative estimate of drug-likeness (QED) is 0.650. The first-order valence-electron chi connectivity index (χ1n) is 3.11. The Bertz CT molecular complexity index is 271. The summed E-state index contributed by atoms with van der Waals surface area (Å²) in [5, 5.41) is 8.57. The van der Waals surface area contributed by atoms with E-state index in [-0.39, 0.29) is 0 Å². The molecule has 1 radical (unpaired) electrons. The molecule has 0 spiro atoms. The second kappa shape index (κ2) is 3.16. The molecule has 1 aromatic carbocycles. The Morgan fingerprint density at radius 2 is 2.27 bits per heavy atom. The first kappa shape index (κ1) is 7.75. The van der Waals surface area contributed by atoms with E-state index in [1.807, 2.05) is 0 Å². The molecule has 0 fully saturated rings. The SMILES string of the molecule is NC(=O)c1cccc([CH]O)c1. The monoisotopic (exact) mass is 150 g/mol. The van der Waals surface area contributed by atoms with E-state index < -0.39 is 5.91 Å². The minimum atomic E-state index is -0.492. The molecule has 3 N–H and O–H groups in total. The summed E-state index contributed by atoms with van der Waals surface area (Å²) in [6.07, 6.45) is 0. The topological polar surface area (TPSA) is 63.3 Å². The summed E-state index contributed by atoms with van der Waals surface area (Å²) < 4.78 is 0. The summed E-state index contributed by atoms with van der Waals surface area (Å²) in [7, 11) is 0. The minimum Gasteiger partial charge on any atom is -0.385 e. The molecule has 0 atom stereocenters. The van der Waals surface area contributed by atoms with Gasteiger partial charge in [0.15, 0.2) is 0 Å². The molecule has 0 aliphatic carbocycles. The molecule has 3 nitrogen and oxygen atoms in total. The van der Waals surface area contributed by atoms with E-state index in [0.29, 0.717) is 11.1 Å². The van der Waals surface area contributed by atoms with Gasteiger partial charge in [-0.05, 0) is 17.7 Å². The van der Waals surface area contributed by atoms with Crippen LogP contribution >= 0.6 is 0 Å². The highest BCUT2D eigenvalue weighted by atomic mass is 16.3. The third kappa shape index (κ3) is 1.78. The van der Waals surface area contributed by atoms with Crippen molar-refractivity contribution in [1.82, 2.24) is 0 Å². The van der Waals surface area contributed by atoms with E-state index in [9.17, 15) is 4.79 Å². The second-order valence-corrected chi connectivity index (χ2v) is 2.12. The van der Waals surface area contributed by atoms with Crippen LogP contribution in [0.5, 0.6) is 0 Å². The van der Waals surface area contributed by atoms with Crippen molar-refractivity contribution < 1.29 is 9.90 Å². The Morgan fingerprint density at radius 3 is 2.82 bits per heavy atom. The van der Waals surface area contributed by atoms with Crippen molar-refractivity contribution in [3.8, 4) is 0 Å². The van der Waals surface area contributed by atoms with Crippen molar-refractivity contribution in [3.05, 3.63) is 42.0 Å². The zero-order chi connectivity index (χ0) is 8.27. The smallest absolute Gasteiger partial charge is 0.248 e. The fourth-order valence-corrected chi connectivity index (χ4v) is 0.772. The van der Waals surface area contributed by atoms with Gasteiger partial charge in [-0.2, -0.15) is 0 Å². The molecule has 11 heavy (non-hydrogen) atoms. The first-order valence-corrected chi connectivity index (χ1v) is 3.11. The molecule has 1 rings (SSSR count). The van der Waals surface area contributed by atoms with Gasteiger partial charge in [-0.25, -0.2) is 0 Å². The van der Waals surface area contributed by atoms with Crippen LogP contribution in [-0.2, 0) is 0 Å². The largest absolute Gasteiger partial charge is 0.385 e. The molecule has 1 aromatic rings. The van der Waals surface area contributed by atoms with Crippen LogP contribution in [-0.4, -0.2) is 11.0 Å². The van der Waals surface area contributed by atoms with Crippen LogP contribution in [0.1, 0.15) is 15.9 Å². The van der Waals surface area contributed by atoms with Crippen LogP contribution in [0.2, 0.25) is 0 Å². The summed E-state index contributed by atoms with van der Waals surface area (Å²) in [4.78, 5) is 10.6. The van der Waals surface area contributed by atoms with Crippen LogP contribution < -0.4 is 5.73 Å². The van der Waals surface area contributed by atoms with E-state index in [0.717, 1.165) is 6.61 Å². The van der Waals surface area contributed by atoms with Crippen molar-refractivity contribution in [2.45, 2.75) is 0 Å². The van der Waals surface area contributed by atoms with Crippen LogP contribution in [0.25, 0.3) is 0 Å². The lowest BCUT2D eigenvalue weighted by molar-refractivity contribution is 0.1000. The first-order chi connectivity index (χ1) is 5.24. The fourth-order valence-electron chi connectivity index (χ4n) is 0.772. The number of benzene rings is 1. The number of nitrogens with two attached hydrogens (primary N) is 1. The van der Waals surface area contributed by atoms with Gasteiger partial charge in [-0.15, -0.1) is 0 Å². The minimum absolute atomic E-state index is 0.396. The Labute approximate surface area is 64.5 Å². The normalized spacial score (nSPS) is 9.55. The van der Waals surface area contributed by atoms with Gasteiger partial charge in [0, 0.05) is 5.56 Å². The summed E-state index contributed by atoms with van der Waals surface area (Å²) in [6, 6.07) is 6.44. The van der Waals surface area contributed by atoms with E-state index in [2.05, 4.69) is 0 Å². The number of hydrogen-bond donors (Lipinski definition) is 2. The van der Waals surface area contributed by atoms with Crippen molar-refractivity contribution in [2.24, 2.45) is 5.73 Å². The molecule has 0 saturated heterocycles. The number of aliphatic hydroxyl groups excluding tert-OH is 1. The number of carbonyl (C=O) groups is 1. The molecular weight excluding hydrogens is 142 g/mol. The number of primary amides is 1. The zero-order valence-electron chi connectivity index (χ0n) is 5.82. The summed E-state index contributed by atoms with van der Waals surface area (Å²) in [5.41, 5.74) is 5.97. The molecule has 57 valence electrons. The highest BCUT2D eigenvalue weighted by molar-refractivity contribution is 5.92. The van der Waals surface area contributed by atoms with Crippen molar-refractivity contribution in [2.75, 3.05) is 0 Å². The predicted molar refractivity (Wildman–Crippen MR) is 40.3 cm³/mol. The Kier molecular flexibility index (Phi) is 2.23. The molecule has 0 bridgehead atoms. The summed E-state index contributed by atoms with van der Waals surface area (Å²) in [5.74, 6) is -0.492. The number of hydrogen-bond acceptors (Lipinski definition) is 2. The highest BCUT2D eigenvalue weighted by Crippen LogP contribution is 2.04. The van der Waals surface area contributed by atoms with E-state index in [4.69, 9.17) is 10.8 Å². The number of rotatable bonds is 2. The van der Waals surface area contributed by atoms with Gasteiger partial charge < -0.3 is 10.8 Å². The van der Waals surface area contributed by atoms with Crippen LogP contribution in [0, 0.1) is 6.61 Å². The zero-order valence-corrected chi connectivity index (χ0v) is 5.82. The van der Waals surface area contributed by atoms with Crippen molar-refractivity contribution in [1.29, 1.82) is 0 Å². The second-order valence-electron chi connectivity index (χ2n) is 2.12. The molecule has 0 aromatic heterocycles. The Morgan fingerprint density at radius 1 is 1.55 bits per heavy atom. The number of amides is 1. The molecule has 0 aliphatic heterocycles. The third-order valence-corrected chi connectivity index (χ3v) is 1.32. The maximum atomic E-state index is 10.6. The molecular formula is C8H8NO2. The molecule has 3 heteroatoms. The maximum absolute atomic E-state index is 10.6.